The van der Waals surface area contributed by atoms with Crippen molar-refractivity contribution in [3.05, 3.63) is 42.2 Å². The quantitative estimate of drug-likeness (QED) is 0.835. The van der Waals surface area contributed by atoms with Crippen LogP contribution in [0.15, 0.2) is 41.0 Å². The highest BCUT2D eigenvalue weighted by Crippen LogP contribution is 2.30. The number of nitrogens with one attached hydrogen (secondary N) is 2. The van der Waals surface area contributed by atoms with Crippen molar-refractivity contribution in [3.63, 3.8) is 0 Å². The molecule has 0 saturated carbocycles. The first-order chi connectivity index (χ1) is 13.1. The third-order valence-corrected chi connectivity index (χ3v) is 4.94. The summed E-state index contributed by atoms with van der Waals surface area (Å²) < 4.78 is 5.41. The molecule has 3 amide bonds. The lowest BCUT2D eigenvalue weighted by molar-refractivity contribution is -0.134. The SMILES string of the molecule is CNCC(=O)N1CCN2C(=O)c3cc(-c4ccco4)ccc3NC(=O)[C@H]2C1. The number of piperazine rings is 1. The van der Waals surface area contributed by atoms with Crippen molar-refractivity contribution in [2.24, 2.45) is 0 Å². The van der Waals surface area contributed by atoms with Crippen LogP contribution in [0, 0.1) is 0 Å². The van der Waals surface area contributed by atoms with Gasteiger partial charge < -0.3 is 24.9 Å². The van der Waals surface area contributed by atoms with Gasteiger partial charge in [-0.3, -0.25) is 14.4 Å². The van der Waals surface area contributed by atoms with E-state index in [1.165, 1.54) is 0 Å². The summed E-state index contributed by atoms with van der Waals surface area (Å²) in [5.74, 6) is 0.0664. The highest BCUT2D eigenvalue weighted by Gasteiger charge is 2.40. The highest BCUT2D eigenvalue weighted by atomic mass is 16.3. The molecule has 2 aliphatic rings. The molecule has 4 rings (SSSR count). The highest BCUT2D eigenvalue weighted by molar-refractivity contribution is 6.10. The van der Waals surface area contributed by atoms with Gasteiger partial charge in [0.25, 0.3) is 5.91 Å². The van der Waals surface area contributed by atoms with Gasteiger partial charge in [0.05, 0.1) is 30.6 Å². The van der Waals surface area contributed by atoms with Gasteiger partial charge in [0, 0.05) is 18.7 Å². The molecule has 1 aromatic carbocycles. The summed E-state index contributed by atoms with van der Waals surface area (Å²) in [4.78, 5) is 41.2. The molecule has 2 N–H and O–H groups in total. The van der Waals surface area contributed by atoms with Crippen LogP contribution in [0.1, 0.15) is 10.4 Å². The number of likely N-dealkylation sites (N-methyl/N-ethyl adjacent to an activating group) is 1. The average molecular weight is 368 g/mol. The molecule has 2 aromatic rings. The maximum absolute atomic E-state index is 13.1. The van der Waals surface area contributed by atoms with Gasteiger partial charge in [-0.1, -0.05) is 0 Å². The molecule has 27 heavy (non-hydrogen) atoms. The molecule has 0 aliphatic carbocycles. The van der Waals surface area contributed by atoms with E-state index in [2.05, 4.69) is 10.6 Å². The molecule has 3 heterocycles. The Morgan fingerprint density at radius 2 is 2.15 bits per heavy atom. The van der Waals surface area contributed by atoms with Crippen molar-refractivity contribution >= 4 is 23.4 Å². The van der Waals surface area contributed by atoms with Crippen molar-refractivity contribution in [1.29, 1.82) is 0 Å². The van der Waals surface area contributed by atoms with Crippen LogP contribution in [0.2, 0.25) is 0 Å². The Bertz CT molecular complexity index is 893. The normalized spacial score (nSPS) is 19.2. The monoisotopic (exact) mass is 368 g/mol. The first-order valence-electron chi connectivity index (χ1n) is 8.80. The van der Waals surface area contributed by atoms with Crippen LogP contribution < -0.4 is 10.6 Å². The molecule has 140 valence electrons. The van der Waals surface area contributed by atoms with Gasteiger partial charge >= 0.3 is 0 Å². The molecule has 8 heteroatoms. The van der Waals surface area contributed by atoms with Gasteiger partial charge in [-0.15, -0.1) is 0 Å². The van der Waals surface area contributed by atoms with Crippen LogP contribution in [0.5, 0.6) is 0 Å². The topological polar surface area (TPSA) is 94.9 Å². The summed E-state index contributed by atoms with van der Waals surface area (Å²) in [5, 5.41) is 5.65. The van der Waals surface area contributed by atoms with Crippen LogP contribution in [-0.4, -0.2) is 66.8 Å². The number of hydrogen-bond acceptors (Lipinski definition) is 5. The second-order valence-corrected chi connectivity index (χ2v) is 6.61. The predicted molar refractivity (Wildman–Crippen MR) is 98.1 cm³/mol. The van der Waals surface area contributed by atoms with Crippen molar-refractivity contribution < 1.29 is 18.8 Å². The maximum Gasteiger partial charge on any atom is 0.256 e. The molecule has 0 bridgehead atoms. The number of rotatable bonds is 3. The largest absolute Gasteiger partial charge is 0.464 e. The van der Waals surface area contributed by atoms with Crippen molar-refractivity contribution in [2.45, 2.75) is 6.04 Å². The van der Waals surface area contributed by atoms with Crippen LogP contribution in [0.4, 0.5) is 5.69 Å². The molecule has 1 atom stereocenters. The zero-order chi connectivity index (χ0) is 19.0. The van der Waals surface area contributed by atoms with Gasteiger partial charge in [0.15, 0.2) is 0 Å². The Labute approximate surface area is 156 Å². The first kappa shape index (κ1) is 17.3. The average Bonchev–Trinajstić information content (AvgIpc) is 3.19. The third-order valence-electron chi connectivity index (χ3n) is 4.94. The molecular weight excluding hydrogens is 348 g/mol. The van der Waals surface area contributed by atoms with Crippen LogP contribution >= 0.6 is 0 Å². The first-order valence-corrected chi connectivity index (χ1v) is 8.80. The van der Waals surface area contributed by atoms with E-state index in [1.807, 2.05) is 6.07 Å². The smallest absolute Gasteiger partial charge is 0.256 e. The second kappa shape index (κ2) is 6.88. The summed E-state index contributed by atoms with van der Waals surface area (Å²) in [6, 6.07) is 8.14. The van der Waals surface area contributed by atoms with E-state index < -0.39 is 6.04 Å². The summed E-state index contributed by atoms with van der Waals surface area (Å²) in [6.45, 7) is 1.12. The number of anilines is 1. The fourth-order valence-corrected chi connectivity index (χ4v) is 3.54. The summed E-state index contributed by atoms with van der Waals surface area (Å²) in [7, 11) is 1.70. The zero-order valence-corrected chi connectivity index (χ0v) is 14.9. The number of amides is 3. The van der Waals surface area contributed by atoms with Gasteiger partial charge in [-0.05, 0) is 37.4 Å². The fraction of sp³-hybridized carbons (Fsp3) is 0.316. The lowest BCUT2D eigenvalue weighted by atomic mass is 10.1. The molecular formula is C19H20N4O4. The van der Waals surface area contributed by atoms with Crippen LogP contribution in [0.3, 0.4) is 0 Å². The number of nitrogens with zero attached hydrogens (tertiary/aromatic N) is 2. The lowest BCUT2D eigenvalue weighted by Crippen LogP contribution is -2.60. The second-order valence-electron chi connectivity index (χ2n) is 6.61. The molecule has 0 radical (unpaired) electrons. The van der Waals surface area contributed by atoms with Gasteiger partial charge in [-0.25, -0.2) is 0 Å². The van der Waals surface area contributed by atoms with E-state index in [-0.39, 0.29) is 30.8 Å². The number of benzene rings is 1. The number of fused-ring (bicyclic) bond motifs is 2. The van der Waals surface area contributed by atoms with Gasteiger partial charge in [-0.2, -0.15) is 0 Å². The van der Waals surface area contributed by atoms with Gasteiger partial charge in [0.1, 0.15) is 11.8 Å². The number of hydrogen-bond donors (Lipinski definition) is 2. The third kappa shape index (κ3) is 3.08. The Hall–Kier alpha value is -3.13. The van der Waals surface area contributed by atoms with E-state index in [9.17, 15) is 14.4 Å². The van der Waals surface area contributed by atoms with Crippen molar-refractivity contribution in [2.75, 3.05) is 38.5 Å². The van der Waals surface area contributed by atoms with Crippen LogP contribution in [-0.2, 0) is 9.59 Å². The molecule has 0 unspecified atom stereocenters. The Morgan fingerprint density at radius 1 is 1.30 bits per heavy atom. The van der Waals surface area contributed by atoms with E-state index in [0.29, 0.717) is 30.1 Å². The molecule has 8 nitrogen and oxygen atoms in total. The van der Waals surface area contributed by atoms with Gasteiger partial charge in [0.2, 0.25) is 11.8 Å². The molecule has 1 aromatic heterocycles. The minimum absolute atomic E-state index is 0.0840. The molecule has 2 aliphatic heterocycles. The minimum atomic E-state index is -0.702. The summed E-state index contributed by atoms with van der Waals surface area (Å²) >= 11 is 0. The van der Waals surface area contributed by atoms with E-state index in [0.717, 1.165) is 5.56 Å². The minimum Gasteiger partial charge on any atom is -0.464 e. The van der Waals surface area contributed by atoms with E-state index in [1.54, 1.807) is 47.4 Å². The summed E-state index contributed by atoms with van der Waals surface area (Å²) in [5.41, 5.74) is 1.67. The molecule has 0 spiro atoms. The molecule has 1 fully saturated rings. The van der Waals surface area contributed by atoms with Crippen LogP contribution in [0.25, 0.3) is 11.3 Å². The fourth-order valence-electron chi connectivity index (χ4n) is 3.54. The number of carbonyl (C=O) groups is 3. The Kier molecular flexibility index (Phi) is 4.41. The maximum atomic E-state index is 13.1. The van der Waals surface area contributed by atoms with Crippen molar-refractivity contribution in [3.8, 4) is 11.3 Å². The Balaban J connectivity index is 1.64. The van der Waals surface area contributed by atoms with Crippen molar-refractivity contribution in [1.82, 2.24) is 15.1 Å². The molecule has 1 saturated heterocycles. The number of furan rings is 1. The lowest BCUT2D eigenvalue weighted by Gasteiger charge is -2.39. The van der Waals surface area contributed by atoms with E-state index in [4.69, 9.17) is 4.42 Å². The Morgan fingerprint density at radius 3 is 2.89 bits per heavy atom. The zero-order valence-electron chi connectivity index (χ0n) is 14.9. The summed E-state index contributed by atoms with van der Waals surface area (Å²) in [6.07, 6.45) is 1.57. The predicted octanol–water partition coefficient (Wildman–Crippen LogP) is 0.771. The number of carbonyl (C=O) groups excluding carboxylic acids is 3. The van der Waals surface area contributed by atoms with E-state index >= 15 is 0 Å². The standard InChI is InChI=1S/C19H20N4O4/c1-20-10-17(24)22-6-7-23-15(11-22)18(25)21-14-5-4-12(9-13(14)19(23)26)16-3-2-8-27-16/h2-5,8-9,15,20H,6-7,10-11H2,1H3,(H,21,25)/t15-/m1/s1.